The molecule has 1 amide bonds. The minimum Gasteiger partial charge on any atom is -0.352 e. The molecule has 1 aromatic carbocycles. The summed E-state index contributed by atoms with van der Waals surface area (Å²) >= 11 is 0. The lowest BCUT2D eigenvalue weighted by Crippen LogP contribution is -2.14. The molecule has 0 radical (unpaired) electrons. The highest BCUT2D eigenvalue weighted by Crippen LogP contribution is 2.14. The Morgan fingerprint density at radius 1 is 1.31 bits per heavy atom. The van der Waals surface area contributed by atoms with Gasteiger partial charge in [0.1, 0.15) is 6.67 Å². The van der Waals surface area contributed by atoms with Gasteiger partial charge in [0.05, 0.1) is 0 Å². The molecule has 16 heavy (non-hydrogen) atoms. The second-order valence-corrected chi connectivity index (χ2v) is 3.84. The topological polar surface area (TPSA) is 29.1 Å². The van der Waals surface area contributed by atoms with Crippen LogP contribution in [0.4, 0.5) is 4.39 Å². The summed E-state index contributed by atoms with van der Waals surface area (Å²) in [5, 5.41) is 2.75. The van der Waals surface area contributed by atoms with Gasteiger partial charge in [-0.15, -0.1) is 0 Å². The quantitative estimate of drug-likeness (QED) is 0.775. The Morgan fingerprint density at radius 3 is 2.69 bits per heavy atom. The van der Waals surface area contributed by atoms with Gasteiger partial charge in [0, 0.05) is 12.1 Å². The molecule has 1 fully saturated rings. The number of hydrogen-bond donors (Lipinski definition) is 1. The van der Waals surface area contributed by atoms with Crippen LogP contribution in [0, 0.1) is 0 Å². The number of nitrogens with one attached hydrogen (secondary N) is 1. The normalized spacial score (nSPS) is 17.8. The van der Waals surface area contributed by atoms with Gasteiger partial charge in [-0.2, -0.15) is 0 Å². The lowest BCUT2D eigenvalue weighted by molar-refractivity contribution is -0.116. The molecule has 1 N–H and O–H groups in total. The fraction of sp³-hybridized carbons (Fsp3) is 0.308. The average Bonchev–Trinajstić information content (AvgIpc) is 2.72. The lowest BCUT2D eigenvalue weighted by atomic mass is 10.0. The van der Waals surface area contributed by atoms with Gasteiger partial charge in [0.2, 0.25) is 5.91 Å². The molecule has 1 aliphatic heterocycles. The second kappa shape index (κ2) is 4.92. The number of allylic oxidation sites excluding steroid dienone is 1. The van der Waals surface area contributed by atoms with E-state index in [-0.39, 0.29) is 5.91 Å². The molecule has 1 aromatic rings. The third kappa shape index (κ3) is 2.30. The first-order chi connectivity index (χ1) is 7.81. The highest BCUT2D eigenvalue weighted by Gasteiger charge is 2.15. The number of rotatable bonds is 3. The van der Waals surface area contributed by atoms with E-state index in [9.17, 15) is 9.18 Å². The minimum atomic E-state index is -0.453. The zero-order valence-electron chi connectivity index (χ0n) is 9.00. The first-order valence-corrected chi connectivity index (χ1v) is 5.41. The molecule has 3 heteroatoms. The summed E-state index contributed by atoms with van der Waals surface area (Å²) in [6.45, 7) is 0.265. The first kappa shape index (κ1) is 10.9. The van der Waals surface area contributed by atoms with E-state index in [0.29, 0.717) is 12.0 Å². The van der Waals surface area contributed by atoms with E-state index in [1.807, 2.05) is 24.3 Å². The molecule has 0 bridgehead atoms. The van der Waals surface area contributed by atoms with Crippen molar-refractivity contribution < 1.29 is 9.18 Å². The van der Waals surface area contributed by atoms with E-state index >= 15 is 0 Å². The molecule has 1 saturated heterocycles. The van der Waals surface area contributed by atoms with Gasteiger partial charge in [-0.1, -0.05) is 30.3 Å². The van der Waals surface area contributed by atoms with E-state index in [0.717, 1.165) is 24.1 Å². The van der Waals surface area contributed by atoms with Crippen LogP contribution >= 0.6 is 0 Å². The van der Waals surface area contributed by atoms with Crippen LogP contribution in [0.2, 0.25) is 0 Å². The monoisotopic (exact) mass is 219 g/mol. The fourth-order valence-electron chi connectivity index (χ4n) is 1.85. The Morgan fingerprint density at radius 2 is 2.06 bits per heavy atom. The van der Waals surface area contributed by atoms with E-state index in [1.54, 1.807) is 6.07 Å². The minimum absolute atomic E-state index is 0.0118. The summed E-state index contributed by atoms with van der Waals surface area (Å²) in [7, 11) is 0. The van der Waals surface area contributed by atoms with E-state index in [1.165, 1.54) is 0 Å². The number of carbonyl (C=O) groups is 1. The van der Waals surface area contributed by atoms with Crippen molar-refractivity contribution in [2.24, 2.45) is 0 Å². The van der Waals surface area contributed by atoms with Crippen LogP contribution in [0.3, 0.4) is 0 Å². The third-order valence-corrected chi connectivity index (χ3v) is 2.80. The number of alkyl halides is 1. The van der Waals surface area contributed by atoms with Gasteiger partial charge in [-0.25, -0.2) is 4.39 Å². The maximum absolute atomic E-state index is 12.7. The van der Waals surface area contributed by atoms with Crippen molar-refractivity contribution in [1.29, 1.82) is 0 Å². The van der Waals surface area contributed by atoms with Gasteiger partial charge in [-0.05, 0) is 24.0 Å². The smallest absolute Gasteiger partial charge is 0.246 e. The highest BCUT2D eigenvalue weighted by atomic mass is 19.1. The number of hydrogen-bond acceptors (Lipinski definition) is 1. The maximum Gasteiger partial charge on any atom is 0.246 e. The summed E-state index contributed by atoms with van der Waals surface area (Å²) in [5.74, 6) is 0.0118. The maximum atomic E-state index is 12.7. The number of benzene rings is 1. The molecule has 0 spiro atoms. The van der Waals surface area contributed by atoms with Gasteiger partial charge in [0.25, 0.3) is 0 Å². The van der Waals surface area contributed by atoms with Crippen molar-refractivity contribution in [3.63, 3.8) is 0 Å². The summed E-state index contributed by atoms with van der Waals surface area (Å²) in [4.78, 5) is 11.3. The van der Waals surface area contributed by atoms with Crippen molar-refractivity contribution in [2.45, 2.75) is 19.5 Å². The van der Waals surface area contributed by atoms with Gasteiger partial charge in [-0.3, -0.25) is 4.79 Å². The van der Waals surface area contributed by atoms with Gasteiger partial charge >= 0.3 is 0 Å². The molecule has 84 valence electrons. The Bertz CT molecular complexity index is 426. The van der Waals surface area contributed by atoms with Crippen LogP contribution in [0.25, 0.3) is 0 Å². The van der Waals surface area contributed by atoms with Crippen LogP contribution in [0.5, 0.6) is 0 Å². The number of halogens is 1. The third-order valence-electron chi connectivity index (χ3n) is 2.80. The van der Waals surface area contributed by atoms with Crippen molar-refractivity contribution in [3.05, 3.63) is 47.0 Å². The first-order valence-electron chi connectivity index (χ1n) is 5.41. The molecular formula is C13H14FNO. The number of amides is 1. The van der Waals surface area contributed by atoms with Crippen LogP contribution in [-0.2, 0) is 17.9 Å². The second-order valence-electron chi connectivity index (χ2n) is 3.84. The van der Waals surface area contributed by atoms with Crippen molar-refractivity contribution in [2.75, 3.05) is 6.54 Å². The molecule has 0 aromatic heterocycles. The van der Waals surface area contributed by atoms with Gasteiger partial charge in [0.15, 0.2) is 0 Å². The molecule has 2 nitrogen and oxygen atoms in total. The van der Waals surface area contributed by atoms with Crippen LogP contribution in [0.15, 0.2) is 35.9 Å². The molecule has 1 aliphatic rings. The summed E-state index contributed by atoms with van der Waals surface area (Å²) in [5.41, 5.74) is 2.48. The highest BCUT2D eigenvalue weighted by molar-refractivity contribution is 5.95. The van der Waals surface area contributed by atoms with Crippen LogP contribution < -0.4 is 5.32 Å². The van der Waals surface area contributed by atoms with Gasteiger partial charge < -0.3 is 5.32 Å². The Hall–Kier alpha value is -1.64. The molecule has 0 saturated carbocycles. The van der Waals surface area contributed by atoms with Crippen molar-refractivity contribution in [1.82, 2.24) is 5.32 Å². The number of carbonyl (C=O) groups excluding carboxylic acids is 1. The molecule has 0 atom stereocenters. The zero-order valence-corrected chi connectivity index (χ0v) is 9.00. The standard InChI is InChI=1S/C13H14FNO/c14-9-12-4-2-1-3-10(12)5-6-11-7-8-15-13(11)16/h1-4,6H,5,7-9H2,(H,15,16)/b11-6+. The van der Waals surface area contributed by atoms with Crippen molar-refractivity contribution in [3.8, 4) is 0 Å². The van der Waals surface area contributed by atoms with Crippen LogP contribution in [0.1, 0.15) is 17.5 Å². The Balaban J connectivity index is 2.12. The molecule has 1 heterocycles. The summed E-state index contributed by atoms with van der Waals surface area (Å²) < 4.78 is 12.7. The Labute approximate surface area is 94.2 Å². The largest absolute Gasteiger partial charge is 0.352 e. The van der Waals surface area contributed by atoms with Crippen molar-refractivity contribution >= 4 is 5.91 Å². The van der Waals surface area contributed by atoms with E-state index in [2.05, 4.69) is 5.32 Å². The van der Waals surface area contributed by atoms with Crippen LogP contribution in [-0.4, -0.2) is 12.5 Å². The average molecular weight is 219 g/mol. The predicted octanol–water partition coefficient (Wildman–Crippen LogP) is 2.14. The molecular weight excluding hydrogens is 205 g/mol. The lowest BCUT2D eigenvalue weighted by Gasteiger charge is -2.03. The van der Waals surface area contributed by atoms with E-state index < -0.39 is 6.67 Å². The molecule has 0 aliphatic carbocycles. The Kier molecular flexibility index (Phi) is 3.34. The predicted molar refractivity (Wildman–Crippen MR) is 60.7 cm³/mol. The molecule has 2 rings (SSSR count). The molecule has 0 unspecified atom stereocenters. The fourth-order valence-corrected chi connectivity index (χ4v) is 1.85. The summed E-state index contributed by atoms with van der Waals surface area (Å²) in [6, 6.07) is 7.40. The van der Waals surface area contributed by atoms with E-state index in [4.69, 9.17) is 0 Å². The SMILES string of the molecule is O=C1NCC/C1=C\Cc1ccccc1CF. The zero-order chi connectivity index (χ0) is 11.4. The summed E-state index contributed by atoms with van der Waals surface area (Å²) in [6.07, 6.45) is 3.30.